The number of benzene rings is 1. The van der Waals surface area contributed by atoms with Crippen LogP contribution in [0.3, 0.4) is 0 Å². The number of carboxylic acid groups (broad SMARTS) is 1. The van der Waals surface area contributed by atoms with Crippen LogP contribution in [0.2, 0.25) is 0 Å². The van der Waals surface area contributed by atoms with Crippen molar-refractivity contribution in [2.45, 2.75) is 20.3 Å². The van der Waals surface area contributed by atoms with Crippen molar-refractivity contribution in [2.24, 2.45) is 5.92 Å². The van der Waals surface area contributed by atoms with E-state index in [1.165, 1.54) is 4.90 Å². The summed E-state index contributed by atoms with van der Waals surface area (Å²) < 4.78 is 5.53. The lowest BCUT2D eigenvalue weighted by Crippen LogP contribution is -2.41. The van der Waals surface area contributed by atoms with E-state index in [4.69, 9.17) is 9.84 Å². The minimum atomic E-state index is -0.912. The number of nitrogens with one attached hydrogen (secondary N) is 1. The third-order valence-electron chi connectivity index (χ3n) is 3.26. The smallest absolute Gasteiger partial charge is 0.317 e. The molecule has 0 aliphatic rings. The van der Waals surface area contributed by atoms with E-state index in [0.29, 0.717) is 19.6 Å². The second kappa shape index (κ2) is 8.92. The number of aliphatic carboxylic acids is 1. The summed E-state index contributed by atoms with van der Waals surface area (Å²) in [6, 6.07) is 7.44. The molecule has 1 aromatic carbocycles. The molecule has 122 valence electrons. The second-order valence-electron chi connectivity index (χ2n) is 5.14. The van der Waals surface area contributed by atoms with E-state index in [9.17, 15) is 9.59 Å². The summed E-state index contributed by atoms with van der Waals surface area (Å²) in [5, 5.41) is 11.6. The summed E-state index contributed by atoms with van der Waals surface area (Å²) in [5.41, 5.74) is 1.03. The molecule has 6 nitrogen and oxygen atoms in total. The maximum Gasteiger partial charge on any atom is 0.317 e. The van der Waals surface area contributed by atoms with Gasteiger partial charge in [0.15, 0.2) is 0 Å². The molecule has 1 aromatic rings. The molecule has 0 heterocycles. The number of rotatable bonds is 8. The monoisotopic (exact) mass is 308 g/mol. The topological polar surface area (TPSA) is 78.9 Å². The fraction of sp³-hybridized carbons (Fsp3) is 0.500. The molecule has 0 saturated carbocycles. The van der Waals surface area contributed by atoms with Crippen LogP contribution in [0.25, 0.3) is 0 Å². The minimum absolute atomic E-state index is 0.177. The Morgan fingerprint density at radius 1 is 1.36 bits per heavy atom. The number of hydrogen-bond acceptors (Lipinski definition) is 3. The number of carbonyl (C=O) groups excluding carboxylic acids is 1. The van der Waals surface area contributed by atoms with Crippen LogP contribution in [0.4, 0.5) is 4.79 Å². The van der Waals surface area contributed by atoms with Crippen molar-refractivity contribution < 1.29 is 19.4 Å². The van der Waals surface area contributed by atoms with Crippen molar-refractivity contribution in [1.82, 2.24) is 10.2 Å². The molecule has 0 aliphatic heterocycles. The predicted octanol–water partition coefficient (Wildman–Crippen LogP) is 1.99. The van der Waals surface area contributed by atoms with Gasteiger partial charge >= 0.3 is 12.0 Å². The average Bonchev–Trinajstić information content (AvgIpc) is 2.48. The Morgan fingerprint density at radius 2 is 2.05 bits per heavy atom. The highest BCUT2D eigenvalue weighted by Crippen LogP contribution is 2.17. The lowest BCUT2D eigenvalue weighted by atomic mass is 10.1. The molecular weight excluding hydrogens is 284 g/mol. The molecule has 6 heteroatoms. The zero-order chi connectivity index (χ0) is 16.5. The minimum Gasteiger partial charge on any atom is -0.494 e. The summed E-state index contributed by atoms with van der Waals surface area (Å²) in [6.45, 7) is 4.74. The number of carboxylic acids is 1. The van der Waals surface area contributed by atoms with Crippen molar-refractivity contribution in [3.8, 4) is 5.75 Å². The highest BCUT2D eigenvalue weighted by atomic mass is 16.5. The van der Waals surface area contributed by atoms with E-state index in [1.807, 2.05) is 31.2 Å². The zero-order valence-electron chi connectivity index (χ0n) is 13.3. The van der Waals surface area contributed by atoms with Crippen LogP contribution in [0.15, 0.2) is 24.3 Å². The maximum atomic E-state index is 11.9. The van der Waals surface area contributed by atoms with Gasteiger partial charge < -0.3 is 20.1 Å². The number of amides is 2. The van der Waals surface area contributed by atoms with Gasteiger partial charge in [-0.15, -0.1) is 0 Å². The lowest BCUT2D eigenvalue weighted by Gasteiger charge is -2.20. The Labute approximate surface area is 131 Å². The number of para-hydroxylation sites is 1. The van der Waals surface area contributed by atoms with Gasteiger partial charge in [0.1, 0.15) is 5.75 Å². The van der Waals surface area contributed by atoms with Crippen LogP contribution in [0.5, 0.6) is 5.75 Å². The Morgan fingerprint density at radius 3 is 2.68 bits per heavy atom. The zero-order valence-corrected chi connectivity index (χ0v) is 13.3. The molecule has 2 N–H and O–H groups in total. The molecule has 0 fully saturated rings. The van der Waals surface area contributed by atoms with Crippen LogP contribution < -0.4 is 10.1 Å². The van der Waals surface area contributed by atoms with Gasteiger partial charge in [0.05, 0.1) is 12.5 Å². The molecule has 0 aromatic heterocycles. The largest absolute Gasteiger partial charge is 0.494 e. The van der Waals surface area contributed by atoms with Crippen LogP contribution in [0, 0.1) is 5.92 Å². The van der Waals surface area contributed by atoms with E-state index in [1.54, 1.807) is 14.0 Å². The first-order valence-corrected chi connectivity index (χ1v) is 7.38. The average molecular weight is 308 g/mol. The number of nitrogens with zero attached hydrogens (tertiary/aromatic N) is 1. The molecule has 0 bridgehead atoms. The first-order valence-electron chi connectivity index (χ1n) is 7.38. The maximum absolute atomic E-state index is 11.9. The third kappa shape index (κ3) is 5.63. The summed E-state index contributed by atoms with van der Waals surface area (Å²) in [4.78, 5) is 24.1. The van der Waals surface area contributed by atoms with Gasteiger partial charge in [0.2, 0.25) is 0 Å². The van der Waals surface area contributed by atoms with Crippen molar-refractivity contribution in [3.63, 3.8) is 0 Å². The van der Waals surface area contributed by atoms with Crippen LogP contribution in [0.1, 0.15) is 19.4 Å². The summed E-state index contributed by atoms with van der Waals surface area (Å²) in [5.74, 6) is -0.674. The van der Waals surface area contributed by atoms with Crippen LogP contribution >= 0.6 is 0 Å². The normalized spacial score (nSPS) is 11.6. The Kier molecular flexibility index (Phi) is 7.22. The number of ether oxygens (including phenoxy) is 1. The predicted molar refractivity (Wildman–Crippen MR) is 84.1 cm³/mol. The van der Waals surface area contributed by atoms with Crippen molar-refractivity contribution in [3.05, 3.63) is 29.8 Å². The number of hydrogen-bond donors (Lipinski definition) is 2. The number of carbonyl (C=O) groups is 2. The molecule has 0 radical (unpaired) electrons. The molecule has 1 atom stereocenters. The van der Waals surface area contributed by atoms with Gasteiger partial charge in [-0.05, 0) is 25.0 Å². The van der Waals surface area contributed by atoms with Gasteiger partial charge in [0, 0.05) is 20.1 Å². The SMILES string of the molecule is CCOc1ccccc1CCNC(=O)N(C)CC(C)C(=O)O. The number of urea groups is 1. The lowest BCUT2D eigenvalue weighted by molar-refractivity contribution is -0.141. The first kappa shape index (κ1) is 17.8. The first-order chi connectivity index (χ1) is 10.5. The van der Waals surface area contributed by atoms with Crippen molar-refractivity contribution in [1.29, 1.82) is 0 Å². The fourth-order valence-electron chi connectivity index (χ4n) is 2.02. The van der Waals surface area contributed by atoms with E-state index in [2.05, 4.69) is 5.32 Å². The van der Waals surface area contributed by atoms with Gasteiger partial charge in [-0.1, -0.05) is 25.1 Å². The molecular formula is C16H24N2O4. The molecule has 22 heavy (non-hydrogen) atoms. The van der Waals surface area contributed by atoms with Gasteiger partial charge in [-0.25, -0.2) is 4.79 Å². The summed E-state index contributed by atoms with van der Waals surface area (Å²) >= 11 is 0. The summed E-state index contributed by atoms with van der Waals surface area (Å²) in [7, 11) is 1.59. The van der Waals surface area contributed by atoms with Crippen molar-refractivity contribution in [2.75, 3.05) is 26.7 Å². The molecule has 0 spiro atoms. The third-order valence-corrected chi connectivity index (χ3v) is 3.26. The highest BCUT2D eigenvalue weighted by Gasteiger charge is 2.17. The van der Waals surface area contributed by atoms with E-state index in [-0.39, 0.29) is 12.6 Å². The van der Waals surface area contributed by atoms with Crippen LogP contribution in [-0.2, 0) is 11.2 Å². The molecule has 1 rings (SSSR count). The van der Waals surface area contributed by atoms with Gasteiger partial charge in [-0.2, -0.15) is 0 Å². The van der Waals surface area contributed by atoms with Crippen molar-refractivity contribution >= 4 is 12.0 Å². The second-order valence-corrected chi connectivity index (χ2v) is 5.14. The Bertz CT molecular complexity index is 505. The quantitative estimate of drug-likeness (QED) is 0.770. The highest BCUT2D eigenvalue weighted by molar-refractivity contribution is 5.75. The standard InChI is InChI=1S/C16H24N2O4/c1-4-22-14-8-6-5-7-13(14)9-10-17-16(21)18(3)11-12(2)15(19)20/h5-8,12H,4,9-11H2,1-3H3,(H,17,21)(H,19,20). The van der Waals surface area contributed by atoms with E-state index in [0.717, 1.165) is 11.3 Å². The van der Waals surface area contributed by atoms with Crippen LogP contribution in [-0.4, -0.2) is 48.8 Å². The molecule has 0 aliphatic carbocycles. The Hall–Kier alpha value is -2.24. The molecule has 1 unspecified atom stereocenters. The molecule has 2 amide bonds. The van der Waals surface area contributed by atoms with Gasteiger partial charge in [0.25, 0.3) is 0 Å². The fourth-order valence-corrected chi connectivity index (χ4v) is 2.02. The van der Waals surface area contributed by atoms with E-state index >= 15 is 0 Å². The summed E-state index contributed by atoms with van der Waals surface area (Å²) in [6.07, 6.45) is 0.657. The van der Waals surface area contributed by atoms with E-state index < -0.39 is 11.9 Å². The Balaban J connectivity index is 2.43. The molecule has 0 saturated heterocycles. The van der Waals surface area contributed by atoms with Gasteiger partial charge in [-0.3, -0.25) is 4.79 Å².